The van der Waals surface area contributed by atoms with Crippen molar-refractivity contribution in [3.05, 3.63) is 59.7 Å². The number of hydrogen-bond acceptors (Lipinski definition) is 2. The van der Waals surface area contributed by atoms with Gasteiger partial charge >= 0.3 is 6.03 Å². The average Bonchev–Trinajstić information content (AvgIpc) is 2.57. The second kappa shape index (κ2) is 6.86. The first-order chi connectivity index (χ1) is 11.5. The van der Waals surface area contributed by atoms with Crippen molar-refractivity contribution in [2.45, 2.75) is 6.92 Å². The molecule has 0 spiro atoms. The molecule has 2 aromatic carbocycles. The van der Waals surface area contributed by atoms with Crippen molar-refractivity contribution in [2.24, 2.45) is 0 Å². The highest BCUT2D eigenvalue weighted by molar-refractivity contribution is 5.89. The fourth-order valence-electron chi connectivity index (χ4n) is 2.76. The Morgan fingerprint density at radius 3 is 2.12 bits per heavy atom. The van der Waals surface area contributed by atoms with Gasteiger partial charge in [0, 0.05) is 31.9 Å². The van der Waals surface area contributed by atoms with Crippen LogP contribution >= 0.6 is 0 Å². The lowest BCUT2D eigenvalue weighted by molar-refractivity contribution is 0.208. The first-order valence-electron chi connectivity index (χ1n) is 7.86. The molecule has 0 bridgehead atoms. The zero-order valence-electron chi connectivity index (χ0n) is 13.4. The molecule has 0 aliphatic carbocycles. The Labute approximate surface area is 139 Å². The van der Waals surface area contributed by atoms with Crippen LogP contribution in [0.2, 0.25) is 0 Å². The molecule has 24 heavy (non-hydrogen) atoms. The van der Waals surface area contributed by atoms with Gasteiger partial charge in [0.1, 0.15) is 17.3 Å². The monoisotopic (exact) mass is 331 g/mol. The molecule has 126 valence electrons. The minimum Gasteiger partial charge on any atom is -0.363 e. The minimum atomic E-state index is -0.576. The maximum absolute atomic E-state index is 13.8. The van der Waals surface area contributed by atoms with Crippen molar-refractivity contribution >= 4 is 17.4 Å². The summed E-state index contributed by atoms with van der Waals surface area (Å²) in [5.41, 5.74) is 1.83. The summed E-state index contributed by atoms with van der Waals surface area (Å²) >= 11 is 0. The highest BCUT2D eigenvalue weighted by Gasteiger charge is 2.24. The number of carbonyl (C=O) groups excluding carboxylic acids is 1. The van der Waals surface area contributed by atoms with Crippen molar-refractivity contribution < 1.29 is 13.6 Å². The number of benzene rings is 2. The van der Waals surface area contributed by atoms with Crippen LogP contribution in [0.15, 0.2) is 42.5 Å². The Kier molecular flexibility index (Phi) is 4.64. The molecular formula is C18H19F2N3O. The van der Waals surface area contributed by atoms with Crippen LogP contribution in [0.1, 0.15) is 5.56 Å². The number of piperazine rings is 1. The van der Waals surface area contributed by atoms with Gasteiger partial charge in [0.15, 0.2) is 0 Å². The lowest BCUT2D eigenvalue weighted by atomic mass is 10.2. The average molecular weight is 331 g/mol. The van der Waals surface area contributed by atoms with E-state index in [9.17, 15) is 13.6 Å². The molecular weight excluding hydrogens is 312 g/mol. The largest absolute Gasteiger partial charge is 0.363 e. The molecule has 1 N–H and O–H groups in total. The molecule has 1 aliphatic heterocycles. The third-order valence-electron chi connectivity index (χ3n) is 4.12. The summed E-state index contributed by atoms with van der Waals surface area (Å²) < 4.78 is 27.7. The van der Waals surface area contributed by atoms with Gasteiger partial charge in [-0.3, -0.25) is 0 Å². The normalized spacial score (nSPS) is 14.6. The maximum Gasteiger partial charge on any atom is 0.321 e. The Morgan fingerprint density at radius 1 is 0.958 bits per heavy atom. The zero-order chi connectivity index (χ0) is 17.1. The van der Waals surface area contributed by atoms with Crippen LogP contribution in [0.3, 0.4) is 0 Å². The number of amides is 2. The topological polar surface area (TPSA) is 35.6 Å². The molecule has 2 amide bonds. The summed E-state index contributed by atoms with van der Waals surface area (Å²) in [6.07, 6.45) is 0. The summed E-state index contributed by atoms with van der Waals surface area (Å²) in [4.78, 5) is 15.6. The van der Waals surface area contributed by atoms with Gasteiger partial charge in [-0.25, -0.2) is 13.6 Å². The van der Waals surface area contributed by atoms with E-state index in [1.807, 2.05) is 31.2 Å². The Balaban J connectivity index is 1.60. The van der Waals surface area contributed by atoms with Crippen LogP contribution in [-0.2, 0) is 0 Å². The maximum atomic E-state index is 13.8. The predicted octanol–water partition coefficient (Wildman–Crippen LogP) is 3.63. The summed E-state index contributed by atoms with van der Waals surface area (Å²) in [6.45, 7) is 3.57. The SMILES string of the molecule is Cc1ccc(NC(=O)N2CCN(c3c(F)cccc3F)CC2)cc1. The number of nitrogens with one attached hydrogen (secondary N) is 1. The molecule has 0 aromatic heterocycles. The fraction of sp³-hybridized carbons (Fsp3) is 0.278. The molecule has 0 atom stereocenters. The quantitative estimate of drug-likeness (QED) is 0.912. The van der Waals surface area contributed by atoms with Crippen molar-refractivity contribution in [3.63, 3.8) is 0 Å². The molecule has 2 aromatic rings. The Morgan fingerprint density at radius 2 is 1.54 bits per heavy atom. The lowest BCUT2D eigenvalue weighted by Crippen LogP contribution is -2.50. The molecule has 1 heterocycles. The molecule has 0 unspecified atom stereocenters. The number of aryl methyl sites for hydroxylation is 1. The number of para-hydroxylation sites is 1. The molecule has 1 fully saturated rings. The summed E-state index contributed by atoms with van der Waals surface area (Å²) in [5.74, 6) is -1.15. The number of rotatable bonds is 2. The highest BCUT2D eigenvalue weighted by atomic mass is 19.1. The molecule has 0 radical (unpaired) electrons. The van der Waals surface area contributed by atoms with Crippen molar-refractivity contribution in [1.82, 2.24) is 4.90 Å². The Bertz CT molecular complexity index is 705. The van der Waals surface area contributed by atoms with Crippen molar-refractivity contribution in [2.75, 3.05) is 36.4 Å². The summed E-state index contributed by atoms with van der Waals surface area (Å²) in [7, 11) is 0. The molecule has 3 rings (SSSR count). The van der Waals surface area contributed by atoms with Gasteiger partial charge in [0.2, 0.25) is 0 Å². The van der Waals surface area contributed by atoms with E-state index in [0.717, 1.165) is 11.3 Å². The number of urea groups is 1. The minimum absolute atomic E-state index is 0.0175. The van der Waals surface area contributed by atoms with Crippen LogP contribution in [0.4, 0.5) is 25.0 Å². The van der Waals surface area contributed by atoms with Crippen LogP contribution < -0.4 is 10.2 Å². The van der Waals surface area contributed by atoms with E-state index in [-0.39, 0.29) is 11.7 Å². The van der Waals surface area contributed by atoms with E-state index in [1.165, 1.54) is 18.2 Å². The molecule has 4 nitrogen and oxygen atoms in total. The van der Waals surface area contributed by atoms with E-state index < -0.39 is 11.6 Å². The second-order valence-electron chi connectivity index (χ2n) is 5.84. The number of hydrogen-bond donors (Lipinski definition) is 1. The summed E-state index contributed by atoms with van der Waals surface area (Å²) in [6, 6.07) is 11.2. The smallest absolute Gasteiger partial charge is 0.321 e. The van der Waals surface area contributed by atoms with E-state index in [4.69, 9.17) is 0 Å². The molecule has 0 saturated carbocycles. The van der Waals surface area contributed by atoms with Gasteiger partial charge in [0.25, 0.3) is 0 Å². The third-order valence-corrected chi connectivity index (χ3v) is 4.12. The van der Waals surface area contributed by atoms with E-state index in [2.05, 4.69) is 5.32 Å². The fourth-order valence-corrected chi connectivity index (χ4v) is 2.76. The third kappa shape index (κ3) is 3.48. The van der Waals surface area contributed by atoms with Crippen molar-refractivity contribution in [3.8, 4) is 0 Å². The van der Waals surface area contributed by atoms with E-state index in [0.29, 0.717) is 26.2 Å². The van der Waals surface area contributed by atoms with Gasteiger partial charge in [0.05, 0.1) is 0 Å². The zero-order valence-corrected chi connectivity index (χ0v) is 13.4. The number of anilines is 2. The standard InChI is InChI=1S/C18H19F2N3O/c1-13-5-7-14(8-6-13)21-18(24)23-11-9-22(10-12-23)17-15(19)3-2-4-16(17)20/h2-8H,9-12H2,1H3,(H,21,24). The second-order valence-corrected chi connectivity index (χ2v) is 5.84. The molecule has 1 aliphatic rings. The van der Waals surface area contributed by atoms with Crippen LogP contribution in [0, 0.1) is 18.6 Å². The first-order valence-corrected chi connectivity index (χ1v) is 7.86. The number of halogens is 2. The van der Waals surface area contributed by atoms with Gasteiger partial charge in [-0.15, -0.1) is 0 Å². The number of nitrogens with zero attached hydrogens (tertiary/aromatic N) is 2. The van der Waals surface area contributed by atoms with Gasteiger partial charge in [-0.2, -0.15) is 0 Å². The summed E-state index contributed by atoms with van der Waals surface area (Å²) in [5, 5.41) is 2.84. The van der Waals surface area contributed by atoms with Gasteiger partial charge in [-0.1, -0.05) is 23.8 Å². The van der Waals surface area contributed by atoms with Crippen LogP contribution in [0.5, 0.6) is 0 Å². The van der Waals surface area contributed by atoms with E-state index >= 15 is 0 Å². The van der Waals surface area contributed by atoms with E-state index in [1.54, 1.807) is 9.80 Å². The number of carbonyl (C=O) groups is 1. The van der Waals surface area contributed by atoms with Gasteiger partial charge < -0.3 is 15.1 Å². The lowest BCUT2D eigenvalue weighted by Gasteiger charge is -2.36. The molecule has 6 heteroatoms. The van der Waals surface area contributed by atoms with Crippen LogP contribution in [0.25, 0.3) is 0 Å². The predicted molar refractivity (Wildman–Crippen MR) is 90.3 cm³/mol. The first kappa shape index (κ1) is 16.2. The van der Waals surface area contributed by atoms with Crippen molar-refractivity contribution in [1.29, 1.82) is 0 Å². The highest BCUT2D eigenvalue weighted by Crippen LogP contribution is 2.24. The van der Waals surface area contributed by atoms with Gasteiger partial charge in [-0.05, 0) is 31.2 Å². The van der Waals surface area contributed by atoms with Crippen LogP contribution in [-0.4, -0.2) is 37.1 Å². The Hall–Kier alpha value is -2.63. The molecule has 1 saturated heterocycles.